The van der Waals surface area contributed by atoms with Crippen molar-refractivity contribution >= 4 is 5.91 Å². The average molecular weight is 315 g/mol. The highest BCUT2D eigenvalue weighted by atomic mass is 16.2. The summed E-state index contributed by atoms with van der Waals surface area (Å²) in [4.78, 5) is 14.2. The van der Waals surface area contributed by atoms with Crippen LogP contribution in [0.1, 0.15) is 21.5 Å². The smallest absolute Gasteiger partial charge is 0.254 e. The number of carbonyl (C=O) groups excluding carboxylic acids is 1. The molecule has 0 aromatic heterocycles. The number of hydrogen-bond acceptors (Lipinski definition) is 1. The van der Waals surface area contributed by atoms with Crippen molar-refractivity contribution < 1.29 is 4.79 Å². The minimum absolute atomic E-state index is 0.0403. The molecule has 0 heterocycles. The quantitative estimate of drug-likeness (QED) is 0.580. The summed E-state index contributed by atoms with van der Waals surface area (Å²) >= 11 is 0. The monoisotopic (exact) mass is 315 g/mol. The first-order chi connectivity index (χ1) is 11.7. The molecule has 120 valence electrons. The van der Waals surface area contributed by atoms with Crippen molar-refractivity contribution in [3.8, 4) is 11.8 Å². The molecule has 0 radical (unpaired) electrons. The summed E-state index contributed by atoms with van der Waals surface area (Å²) in [5.74, 6) is 6.25. The highest BCUT2D eigenvalue weighted by Crippen LogP contribution is 2.09. The third-order valence-electron chi connectivity index (χ3n) is 3.46. The zero-order chi connectivity index (χ0) is 17.2. The van der Waals surface area contributed by atoms with E-state index in [0.717, 1.165) is 5.56 Å². The van der Waals surface area contributed by atoms with Crippen LogP contribution in [-0.2, 0) is 6.42 Å². The summed E-state index contributed by atoms with van der Waals surface area (Å²) in [7, 11) is 0. The van der Waals surface area contributed by atoms with Crippen molar-refractivity contribution in [1.29, 1.82) is 0 Å². The third kappa shape index (κ3) is 5.00. The lowest BCUT2D eigenvalue weighted by molar-refractivity contribution is 0.0791. The van der Waals surface area contributed by atoms with Crippen LogP contribution >= 0.6 is 0 Å². The number of benzene rings is 2. The van der Waals surface area contributed by atoms with Crippen molar-refractivity contribution in [2.75, 3.05) is 13.1 Å². The molecule has 0 saturated carbocycles. The second kappa shape index (κ2) is 9.17. The Hall–Kier alpha value is -3.05. The van der Waals surface area contributed by atoms with Gasteiger partial charge in [0.1, 0.15) is 0 Å². The first-order valence-electron chi connectivity index (χ1n) is 7.88. The van der Waals surface area contributed by atoms with Crippen LogP contribution in [0.4, 0.5) is 0 Å². The highest BCUT2D eigenvalue weighted by molar-refractivity contribution is 5.94. The maximum absolute atomic E-state index is 12.6. The van der Waals surface area contributed by atoms with Crippen LogP contribution in [0, 0.1) is 11.8 Å². The topological polar surface area (TPSA) is 20.3 Å². The number of rotatable bonds is 6. The van der Waals surface area contributed by atoms with Crippen molar-refractivity contribution in [3.05, 3.63) is 96.6 Å². The Morgan fingerprint density at radius 2 is 1.71 bits per heavy atom. The Morgan fingerprint density at radius 3 is 2.38 bits per heavy atom. The lowest BCUT2D eigenvalue weighted by atomic mass is 10.1. The molecule has 2 aromatic carbocycles. The standard InChI is InChI=1S/C22H21NO/c1-3-16-23(17-4-2)22(24)21-15-9-14-20(18-21)13-8-12-19-10-6-5-7-11-19/h3-7,9-11,14-15,18H,1-2,12,16-17H2. The molecule has 0 aliphatic rings. The lowest BCUT2D eigenvalue weighted by Crippen LogP contribution is -2.31. The van der Waals surface area contributed by atoms with Crippen LogP contribution in [0.25, 0.3) is 0 Å². The maximum atomic E-state index is 12.6. The van der Waals surface area contributed by atoms with Gasteiger partial charge in [-0.25, -0.2) is 0 Å². The molecule has 0 fully saturated rings. The Bertz CT molecular complexity index is 755. The molecule has 2 nitrogen and oxygen atoms in total. The van der Waals surface area contributed by atoms with E-state index in [0.29, 0.717) is 25.1 Å². The molecule has 1 amide bonds. The summed E-state index contributed by atoms with van der Waals surface area (Å²) in [6.07, 6.45) is 4.12. The van der Waals surface area contributed by atoms with Crippen LogP contribution in [-0.4, -0.2) is 23.9 Å². The largest absolute Gasteiger partial charge is 0.331 e. The predicted octanol–water partition coefficient (Wildman–Crippen LogP) is 4.10. The van der Waals surface area contributed by atoms with E-state index in [1.807, 2.05) is 42.5 Å². The van der Waals surface area contributed by atoms with Crippen molar-refractivity contribution in [3.63, 3.8) is 0 Å². The minimum atomic E-state index is -0.0403. The van der Waals surface area contributed by atoms with Gasteiger partial charge >= 0.3 is 0 Å². The second-order valence-corrected chi connectivity index (χ2v) is 5.33. The van der Waals surface area contributed by atoms with Crippen LogP contribution in [0.15, 0.2) is 79.9 Å². The van der Waals surface area contributed by atoms with E-state index in [2.05, 4.69) is 37.1 Å². The second-order valence-electron chi connectivity index (χ2n) is 5.33. The molecular weight excluding hydrogens is 294 g/mol. The van der Waals surface area contributed by atoms with Gasteiger partial charge in [0.15, 0.2) is 0 Å². The molecule has 2 heteroatoms. The Labute approximate surface area is 144 Å². The molecule has 0 atom stereocenters. The van der Waals surface area contributed by atoms with Crippen LogP contribution in [0.3, 0.4) is 0 Å². The van der Waals surface area contributed by atoms with E-state index < -0.39 is 0 Å². The van der Waals surface area contributed by atoms with Gasteiger partial charge in [-0.1, -0.05) is 60.4 Å². The van der Waals surface area contributed by atoms with Gasteiger partial charge in [-0.05, 0) is 23.8 Å². The zero-order valence-corrected chi connectivity index (χ0v) is 13.7. The molecular formula is C22H21NO. The summed E-state index contributed by atoms with van der Waals surface area (Å²) in [5.41, 5.74) is 2.65. The van der Waals surface area contributed by atoms with Gasteiger partial charge in [-0.15, -0.1) is 13.2 Å². The highest BCUT2D eigenvalue weighted by Gasteiger charge is 2.13. The molecule has 2 aromatic rings. The van der Waals surface area contributed by atoms with E-state index in [9.17, 15) is 4.79 Å². The Morgan fingerprint density at radius 1 is 1.00 bits per heavy atom. The molecule has 24 heavy (non-hydrogen) atoms. The van der Waals surface area contributed by atoms with Crippen LogP contribution in [0.5, 0.6) is 0 Å². The molecule has 2 rings (SSSR count). The van der Waals surface area contributed by atoms with Crippen molar-refractivity contribution in [2.24, 2.45) is 0 Å². The Balaban J connectivity index is 2.12. The van der Waals surface area contributed by atoms with Crippen molar-refractivity contribution in [1.82, 2.24) is 4.90 Å². The van der Waals surface area contributed by atoms with Gasteiger partial charge in [0.2, 0.25) is 0 Å². The van der Waals surface area contributed by atoms with Gasteiger partial charge < -0.3 is 4.90 Å². The fourth-order valence-corrected chi connectivity index (χ4v) is 2.31. The van der Waals surface area contributed by atoms with Crippen LogP contribution < -0.4 is 0 Å². The third-order valence-corrected chi connectivity index (χ3v) is 3.46. The Kier molecular flexibility index (Phi) is 6.61. The average Bonchev–Trinajstić information content (AvgIpc) is 2.62. The number of carbonyl (C=O) groups is 1. The predicted molar refractivity (Wildman–Crippen MR) is 99.8 cm³/mol. The first kappa shape index (κ1) is 17.3. The summed E-state index contributed by atoms with van der Waals surface area (Å²) in [5, 5.41) is 0. The summed E-state index contributed by atoms with van der Waals surface area (Å²) in [6, 6.07) is 17.5. The fourth-order valence-electron chi connectivity index (χ4n) is 2.31. The van der Waals surface area contributed by atoms with E-state index in [-0.39, 0.29) is 5.91 Å². The van der Waals surface area contributed by atoms with Gasteiger partial charge in [0.25, 0.3) is 5.91 Å². The van der Waals surface area contributed by atoms with E-state index in [1.54, 1.807) is 17.1 Å². The lowest BCUT2D eigenvalue weighted by Gasteiger charge is -2.19. The molecule has 0 spiro atoms. The summed E-state index contributed by atoms with van der Waals surface area (Å²) in [6.45, 7) is 8.38. The van der Waals surface area contributed by atoms with Gasteiger partial charge in [0, 0.05) is 30.6 Å². The number of hydrogen-bond donors (Lipinski definition) is 0. The molecule has 0 aliphatic carbocycles. The molecule has 0 unspecified atom stereocenters. The molecule has 0 N–H and O–H groups in total. The molecule has 0 aliphatic heterocycles. The van der Waals surface area contributed by atoms with E-state index >= 15 is 0 Å². The first-order valence-corrected chi connectivity index (χ1v) is 7.88. The minimum Gasteiger partial charge on any atom is -0.331 e. The van der Waals surface area contributed by atoms with Gasteiger partial charge in [-0.2, -0.15) is 0 Å². The number of nitrogens with zero attached hydrogens (tertiary/aromatic N) is 1. The summed E-state index contributed by atoms with van der Waals surface area (Å²) < 4.78 is 0. The zero-order valence-electron chi connectivity index (χ0n) is 13.7. The van der Waals surface area contributed by atoms with Gasteiger partial charge in [0.05, 0.1) is 0 Å². The molecule has 0 saturated heterocycles. The molecule has 0 bridgehead atoms. The normalized spacial score (nSPS) is 9.50. The SMILES string of the molecule is C=CCN(CC=C)C(=O)c1cccc(C#CCc2ccccc2)c1. The van der Waals surface area contributed by atoms with E-state index in [1.165, 1.54) is 5.56 Å². The number of amides is 1. The van der Waals surface area contributed by atoms with Crippen molar-refractivity contribution in [2.45, 2.75) is 6.42 Å². The fraction of sp³-hybridized carbons (Fsp3) is 0.136. The van der Waals surface area contributed by atoms with Gasteiger partial charge in [-0.3, -0.25) is 4.79 Å². The maximum Gasteiger partial charge on any atom is 0.254 e. The van der Waals surface area contributed by atoms with Crippen LogP contribution in [0.2, 0.25) is 0 Å². The van der Waals surface area contributed by atoms with E-state index in [4.69, 9.17) is 0 Å².